The van der Waals surface area contributed by atoms with Gasteiger partial charge in [0.05, 0.1) is 0 Å². The smallest absolute Gasteiger partial charge is 0.0142 e. The molecule has 2 rings (SSSR count). The molecule has 0 aromatic heterocycles. The van der Waals surface area contributed by atoms with Gasteiger partial charge in [-0.25, -0.2) is 0 Å². The standard InChI is InChI=1S/C14H15/c1-11(2)10-13-8-5-7-12-6-3-4-9-14(12)13/h3-7,9,11H,10H2,1-2H3. The fourth-order valence-electron chi connectivity index (χ4n) is 1.80. The maximum absolute atomic E-state index is 3.34. The third kappa shape index (κ3) is 1.79. The first-order valence-corrected chi connectivity index (χ1v) is 5.15. The van der Waals surface area contributed by atoms with Crippen LogP contribution in [0.25, 0.3) is 10.8 Å². The first-order valence-electron chi connectivity index (χ1n) is 5.15. The topological polar surface area (TPSA) is 0 Å². The molecule has 71 valence electrons. The van der Waals surface area contributed by atoms with Crippen molar-refractivity contribution in [3.63, 3.8) is 0 Å². The molecule has 0 atom stereocenters. The minimum Gasteiger partial charge on any atom is -0.0625 e. The van der Waals surface area contributed by atoms with Gasteiger partial charge in [0.15, 0.2) is 0 Å². The van der Waals surface area contributed by atoms with Crippen molar-refractivity contribution in [1.29, 1.82) is 0 Å². The second kappa shape index (κ2) is 3.83. The highest BCUT2D eigenvalue weighted by molar-refractivity contribution is 5.85. The number of hydrogen-bond donors (Lipinski definition) is 0. The molecule has 0 amide bonds. The van der Waals surface area contributed by atoms with Crippen molar-refractivity contribution in [3.8, 4) is 0 Å². The Morgan fingerprint density at radius 3 is 2.71 bits per heavy atom. The van der Waals surface area contributed by atoms with E-state index in [0.717, 1.165) is 6.42 Å². The van der Waals surface area contributed by atoms with Gasteiger partial charge in [0.2, 0.25) is 0 Å². The van der Waals surface area contributed by atoms with E-state index in [1.165, 1.54) is 16.3 Å². The van der Waals surface area contributed by atoms with Crippen molar-refractivity contribution in [2.45, 2.75) is 20.3 Å². The number of fused-ring (bicyclic) bond motifs is 1. The summed E-state index contributed by atoms with van der Waals surface area (Å²) in [5.41, 5.74) is 1.35. The highest BCUT2D eigenvalue weighted by atomic mass is 14.1. The molecule has 0 spiro atoms. The zero-order valence-corrected chi connectivity index (χ0v) is 8.75. The molecule has 0 N–H and O–H groups in total. The highest BCUT2D eigenvalue weighted by Gasteiger charge is 2.02. The molecule has 0 nitrogen and oxygen atoms in total. The third-order valence-electron chi connectivity index (χ3n) is 2.42. The lowest BCUT2D eigenvalue weighted by Crippen LogP contribution is -1.94. The van der Waals surface area contributed by atoms with E-state index in [4.69, 9.17) is 0 Å². The molecule has 0 aliphatic heterocycles. The van der Waals surface area contributed by atoms with E-state index in [1.807, 2.05) is 6.07 Å². The number of hydrogen-bond acceptors (Lipinski definition) is 0. The minimum atomic E-state index is 0.692. The summed E-state index contributed by atoms with van der Waals surface area (Å²) in [6, 6.07) is 16.0. The summed E-state index contributed by atoms with van der Waals surface area (Å²) in [6.07, 6.45) is 1.11. The largest absolute Gasteiger partial charge is 0.0625 e. The van der Waals surface area contributed by atoms with Gasteiger partial charge in [-0.05, 0) is 34.7 Å². The van der Waals surface area contributed by atoms with Crippen LogP contribution in [0.2, 0.25) is 0 Å². The van der Waals surface area contributed by atoms with E-state index in [2.05, 4.69) is 50.2 Å². The van der Waals surface area contributed by atoms with Gasteiger partial charge >= 0.3 is 0 Å². The molecular formula is C14H15. The normalized spacial score (nSPS) is 11.1. The maximum atomic E-state index is 3.34. The van der Waals surface area contributed by atoms with Crippen LogP contribution < -0.4 is 0 Å². The lowest BCUT2D eigenvalue weighted by atomic mass is 9.97. The Hall–Kier alpha value is -1.30. The van der Waals surface area contributed by atoms with Gasteiger partial charge < -0.3 is 0 Å². The Labute approximate surface area is 85.6 Å². The van der Waals surface area contributed by atoms with Crippen LogP contribution in [0.3, 0.4) is 0 Å². The summed E-state index contributed by atoms with van der Waals surface area (Å²) in [7, 11) is 0. The van der Waals surface area contributed by atoms with Crippen molar-refractivity contribution in [1.82, 2.24) is 0 Å². The van der Waals surface area contributed by atoms with E-state index in [9.17, 15) is 0 Å². The van der Waals surface area contributed by atoms with Crippen molar-refractivity contribution < 1.29 is 0 Å². The zero-order valence-electron chi connectivity index (χ0n) is 8.75. The lowest BCUT2D eigenvalue weighted by Gasteiger charge is -2.07. The van der Waals surface area contributed by atoms with Crippen LogP contribution in [0, 0.1) is 12.0 Å². The zero-order chi connectivity index (χ0) is 9.97. The molecule has 0 unspecified atom stereocenters. The van der Waals surface area contributed by atoms with Gasteiger partial charge in [0.1, 0.15) is 0 Å². The summed E-state index contributed by atoms with van der Waals surface area (Å²) < 4.78 is 0. The van der Waals surface area contributed by atoms with Crippen LogP contribution in [0.5, 0.6) is 0 Å². The fraction of sp³-hybridized carbons (Fsp3) is 0.286. The summed E-state index contributed by atoms with van der Waals surface area (Å²) in [5.74, 6) is 0.692. The maximum Gasteiger partial charge on any atom is -0.0142 e. The summed E-state index contributed by atoms with van der Waals surface area (Å²) in [6.45, 7) is 4.49. The average molecular weight is 183 g/mol. The van der Waals surface area contributed by atoms with Gasteiger partial charge in [0.25, 0.3) is 0 Å². The third-order valence-corrected chi connectivity index (χ3v) is 2.42. The predicted octanol–water partition coefficient (Wildman–Crippen LogP) is 3.84. The SMILES string of the molecule is CC(C)Cc1[c]ccc2ccccc12. The molecule has 0 heteroatoms. The van der Waals surface area contributed by atoms with E-state index in [-0.39, 0.29) is 0 Å². The molecule has 14 heavy (non-hydrogen) atoms. The Morgan fingerprint density at radius 1 is 1.14 bits per heavy atom. The first kappa shape index (κ1) is 9.26. The van der Waals surface area contributed by atoms with Gasteiger partial charge in [-0.3, -0.25) is 0 Å². The summed E-state index contributed by atoms with van der Waals surface area (Å²) in [4.78, 5) is 0. The second-order valence-corrected chi connectivity index (χ2v) is 4.14. The minimum absolute atomic E-state index is 0.692. The lowest BCUT2D eigenvalue weighted by molar-refractivity contribution is 0.649. The molecule has 0 bridgehead atoms. The summed E-state index contributed by atoms with van der Waals surface area (Å²) >= 11 is 0. The molecule has 0 aliphatic rings. The predicted molar refractivity (Wildman–Crippen MR) is 61.3 cm³/mol. The molecule has 0 saturated carbocycles. The first-order chi connectivity index (χ1) is 6.77. The molecule has 0 heterocycles. The molecular weight excluding hydrogens is 168 g/mol. The molecule has 0 aliphatic carbocycles. The van der Waals surface area contributed by atoms with Gasteiger partial charge in [-0.2, -0.15) is 0 Å². The van der Waals surface area contributed by atoms with Crippen LogP contribution in [0.4, 0.5) is 0 Å². The Bertz CT molecular complexity index is 421. The van der Waals surface area contributed by atoms with Crippen molar-refractivity contribution in [3.05, 3.63) is 48.0 Å². The number of benzene rings is 2. The second-order valence-electron chi connectivity index (χ2n) is 4.14. The Morgan fingerprint density at radius 2 is 1.93 bits per heavy atom. The molecule has 2 aromatic carbocycles. The van der Waals surface area contributed by atoms with Crippen LogP contribution in [0.15, 0.2) is 36.4 Å². The molecule has 1 radical (unpaired) electrons. The van der Waals surface area contributed by atoms with Gasteiger partial charge in [-0.15, -0.1) is 0 Å². The fourth-order valence-corrected chi connectivity index (χ4v) is 1.80. The van der Waals surface area contributed by atoms with Crippen molar-refractivity contribution >= 4 is 10.8 Å². The van der Waals surface area contributed by atoms with Gasteiger partial charge in [-0.1, -0.05) is 50.2 Å². The number of rotatable bonds is 2. The average Bonchev–Trinajstić information content (AvgIpc) is 2.18. The van der Waals surface area contributed by atoms with E-state index in [1.54, 1.807) is 0 Å². The van der Waals surface area contributed by atoms with Gasteiger partial charge in [0, 0.05) is 0 Å². The molecule has 2 aromatic rings. The highest BCUT2D eigenvalue weighted by Crippen LogP contribution is 2.20. The van der Waals surface area contributed by atoms with Crippen LogP contribution in [-0.2, 0) is 6.42 Å². The Balaban J connectivity index is 2.53. The molecule has 0 fully saturated rings. The quantitative estimate of drug-likeness (QED) is 0.663. The van der Waals surface area contributed by atoms with Crippen LogP contribution >= 0.6 is 0 Å². The van der Waals surface area contributed by atoms with Crippen molar-refractivity contribution in [2.75, 3.05) is 0 Å². The van der Waals surface area contributed by atoms with E-state index in [0.29, 0.717) is 5.92 Å². The summed E-state index contributed by atoms with van der Waals surface area (Å²) in [5, 5.41) is 2.67. The van der Waals surface area contributed by atoms with Crippen LogP contribution in [0.1, 0.15) is 19.4 Å². The van der Waals surface area contributed by atoms with E-state index >= 15 is 0 Å². The van der Waals surface area contributed by atoms with E-state index < -0.39 is 0 Å². The Kier molecular flexibility index (Phi) is 2.53. The molecule has 0 saturated heterocycles. The van der Waals surface area contributed by atoms with Crippen molar-refractivity contribution in [2.24, 2.45) is 5.92 Å². The monoisotopic (exact) mass is 183 g/mol. The van der Waals surface area contributed by atoms with Crippen LogP contribution in [-0.4, -0.2) is 0 Å².